The van der Waals surface area contributed by atoms with Gasteiger partial charge in [0.15, 0.2) is 5.96 Å². The quantitative estimate of drug-likeness (QED) is 0.356. The van der Waals surface area contributed by atoms with Crippen molar-refractivity contribution in [3.8, 4) is 11.5 Å². The number of benzene rings is 2. The molecule has 0 aromatic heterocycles. The van der Waals surface area contributed by atoms with E-state index in [1.807, 2.05) is 37.1 Å². The largest absolute Gasteiger partial charge is 0.497 e. The predicted octanol–water partition coefficient (Wildman–Crippen LogP) is 2.00. The second-order valence-electron chi connectivity index (χ2n) is 6.72. The van der Waals surface area contributed by atoms with Crippen LogP contribution in [0.4, 0.5) is 0 Å². The molecule has 0 bridgehead atoms. The van der Waals surface area contributed by atoms with Crippen LogP contribution in [0, 0.1) is 6.92 Å². The lowest BCUT2D eigenvalue weighted by atomic mass is 10.2. The average Bonchev–Trinajstić information content (AvgIpc) is 2.74. The van der Waals surface area contributed by atoms with Crippen LogP contribution in [-0.4, -0.2) is 60.7 Å². The van der Waals surface area contributed by atoms with Gasteiger partial charge >= 0.3 is 0 Å². The number of nitrogens with one attached hydrogen (secondary N) is 2. The minimum Gasteiger partial charge on any atom is -0.497 e. The van der Waals surface area contributed by atoms with Crippen LogP contribution < -0.4 is 19.5 Å². The number of methoxy groups -OCH3 is 2. The summed E-state index contributed by atoms with van der Waals surface area (Å²) in [7, 11) is 3.27. The van der Waals surface area contributed by atoms with Gasteiger partial charge in [0.2, 0.25) is 10.0 Å². The van der Waals surface area contributed by atoms with Gasteiger partial charge in [-0.2, -0.15) is 0 Å². The summed E-state index contributed by atoms with van der Waals surface area (Å²) in [5.74, 6) is 2.09. The molecule has 164 valence electrons. The highest BCUT2D eigenvalue weighted by Crippen LogP contribution is 2.25. The first-order chi connectivity index (χ1) is 14.3. The highest BCUT2D eigenvalue weighted by Gasteiger charge is 2.14. The van der Waals surface area contributed by atoms with Gasteiger partial charge in [0.1, 0.15) is 11.5 Å². The number of ether oxygens (including phenoxy) is 2. The summed E-state index contributed by atoms with van der Waals surface area (Å²) >= 11 is 0. The third-order valence-corrected chi connectivity index (χ3v) is 5.98. The maximum atomic E-state index is 12.4. The average molecular weight is 435 g/mol. The van der Waals surface area contributed by atoms with Crippen molar-refractivity contribution >= 4 is 16.0 Å². The van der Waals surface area contributed by atoms with Crippen LogP contribution >= 0.6 is 0 Å². The van der Waals surface area contributed by atoms with E-state index in [0.29, 0.717) is 19.0 Å². The monoisotopic (exact) mass is 434 g/mol. The first-order valence-electron chi connectivity index (χ1n) is 9.49. The van der Waals surface area contributed by atoms with Gasteiger partial charge in [-0.3, -0.25) is 4.99 Å². The molecule has 0 heterocycles. The highest BCUT2D eigenvalue weighted by molar-refractivity contribution is 7.89. The Labute approximate surface area is 179 Å². The summed E-state index contributed by atoms with van der Waals surface area (Å²) in [4.78, 5) is 6.44. The maximum Gasteiger partial charge on any atom is 0.240 e. The van der Waals surface area contributed by atoms with Crippen molar-refractivity contribution in [1.82, 2.24) is 14.9 Å². The number of aryl methyl sites for hydroxylation is 1. The normalized spacial score (nSPS) is 11.8. The molecule has 0 saturated carbocycles. The Morgan fingerprint density at radius 3 is 2.37 bits per heavy atom. The third-order valence-electron chi connectivity index (χ3n) is 4.51. The molecule has 2 rings (SSSR count). The molecule has 0 aliphatic carbocycles. The first-order valence-corrected chi connectivity index (χ1v) is 11.0. The topological polar surface area (TPSA) is 92.3 Å². The van der Waals surface area contributed by atoms with E-state index in [4.69, 9.17) is 9.47 Å². The van der Waals surface area contributed by atoms with E-state index < -0.39 is 10.0 Å². The van der Waals surface area contributed by atoms with Crippen LogP contribution in [0.3, 0.4) is 0 Å². The fourth-order valence-electron chi connectivity index (χ4n) is 2.86. The summed E-state index contributed by atoms with van der Waals surface area (Å²) in [5.41, 5.74) is 1.99. The van der Waals surface area contributed by atoms with E-state index in [1.165, 1.54) is 0 Å². The van der Waals surface area contributed by atoms with E-state index in [0.717, 1.165) is 22.6 Å². The van der Waals surface area contributed by atoms with Gasteiger partial charge in [-0.1, -0.05) is 17.7 Å². The van der Waals surface area contributed by atoms with E-state index in [1.54, 1.807) is 45.5 Å². The Balaban J connectivity index is 1.90. The lowest BCUT2D eigenvalue weighted by Crippen LogP contribution is -2.42. The van der Waals surface area contributed by atoms with Crippen LogP contribution in [0.5, 0.6) is 11.5 Å². The zero-order valence-corrected chi connectivity index (χ0v) is 18.9. The number of nitrogens with zero attached hydrogens (tertiary/aromatic N) is 2. The van der Waals surface area contributed by atoms with Crippen LogP contribution in [0.15, 0.2) is 52.4 Å². The number of rotatable bonds is 9. The molecular weight excluding hydrogens is 404 g/mol. The SMILES string of the molecule is CN=C(NCCNS(=O)(=O)c1ccc(C)cc1)N(C)Cc1ccc(OC)cc1OC. The predicted molar refractivity (Wildman–Crippen MR) is 119 cm³/mol. The standard InChI is InChI=1S/C21H30N4O4S/c1-16-6-10-19(11-7-16)30(26,27)24-13-12-23-21(22-2)25(3)15-17-8-9-18(28-4)14-20(17)29-5/h6-11,14,24H,12-13,15H2,1-5H3,(H,22,23). The van der Waals surface area contributed by atoms with Gasteiger partial charge in [-0.25, -0.2) is 13.1 Å². The van der Waals surface area contributed by atoms with E-state index in [2.05, 4.69) is 15.0 Å². The van der Waals surface area contributed by atoms with Crippen molar-refractivity contribution < 1.29 is 17.9 Å². The summed E-state index contributed by atoms with van der Waals surface area (Å²) in [5, 5.41) is 3.17. The van der Waals surface area contributed by atoms with Crippen LogP contribution in [0.2, 0.25) is 0 Å². The Kier molecular flexibility index (Phi) is 8.49. The molecule has 30 heavy (non-hydrogen) atoms. The fourth-order valence-corrected chi connectivity index (χ4v) is 3.89. The fraction of sp³-hybridized carbons (Fsp3) is 0.381. The Morgan fingerprint density at radius 1 is 1.07 bits per heavy atom. The number of hydrogen-bond acceptors (Lipinski definition) is 5. The molecule has 0 saturated heterocycles. The van der Waals surface area contributed by atoms with E-state index in [9.17, 15) is 8.42 Å². The molecule has 8 nitrogen and oxygen atoms in total. The zero-order valence-electron chi connectivity index (χ0n) is 18.1. The van der Waals surface area contributed by atoms with Crippen molar-refractivity contribution in [2.75, 3.05) is 41.4 Å². The highest BCUT2D eigenvalue weighted by atomic mass is 32.2. The third kappa shape index (κ3) is 6.36. The van der Waals surface area contributed by atoms with Crippen molar-refractivity contribution in [3.63, 3.8) is 0 Å². The minimum atomic E-state index is -3.54. The second kappa shape index (κ2) is 10.8. The molecule has 0 fully saturated rings. The van der Waals surface area contributed by atoms with Gasteiger partial charge in [0.05, 0.1) is 19.1 Å². The molecule has 2 N–H and O–H groups in total. The van der Waals surface area contributed by atoms with Crippen molar-refractivity contribution in [2.24, 2.45) is 4.99 Å². The smallest absolute Gasteiger partial charge is 0.240 e. The van der Waals surface area contributed by atoms with E-state index in [-0.39, 0.29) is 11.4 Å². The van der Waals surface area contributed by atoms with Gasteiger partial charge in [-0.15, -0.1) is 0 Å². The van der Waals surface area contributed by atoms with Crippen LogP contribution in [0.1, 0.15) is 11.1 Å². The molecule has 2 aromatic rings. The van der Waals surface area contributed by atoms with E-state index >= 15 is 0 Å². The Hall–Kier alpha value is -2.78. The van der Waals surface area contributed by atoms with Crippen molar-refractivity contribution in [1.29, 1.82) is 0 Å². The lowest BCUT2D eigenvalue weighted by molar-refractivity contribution is 0.382. The van der Waals surface area contributed by atoms with Crippen LogP contribution in [-0.2, 0) is 16.6 Å². The number of sulfonamides is 1. The van der Waals surface area contributed by atoms with Gasteiger partial charge in [0, 0.05) is 45.4 Å². The van der Waals surface area contributed by atoms with Gasteiger partial charge < -0.3 is 19.7 Å². The molecule has 0 atom stereocenters. The molecule has 2 aromatic carbocycles. The summed E-state index contributed by atoms with van der Waals surface area (Å²) in [6.45, 7) is 3.09. The number of aliphatic imine (C=N–C) groups is 1. The molecule has 9 heteroatoms. The van der Waals surface area contributed by atoms with Crippen molar-refractivity contribution in [3.05, 3.63) is 53.6 Å². The molecule has 0 spiro atoms. The molecule has 0 radical (unpaired) electrons. The minimum absolute atomic E-state index is 0.231. The summed E-state index contributed by atoms with van der Waals surface area (Å²) in [6.07, 6.45) is 0. The second-order valence-corrected chi connectivity index (χ2v) is 8.49. The Bertz CT molecular complexity index is 959. The van der Waals surface area contributed by atoms with Gasteiger partial charge in [-0.05, 0) is 31.2 Å². The maximum absolute atomic E-state index is 12.4. The molecule has 0 aliphatic rings. The summed E-state index contributed by atoms with van der Waals surface area (Å²) in [6, 6.07) is 12.4. The molecule has 0 amide bonds. The first kappa shape index (κ1) is 23.5. The summed E-state index contributed by atoms with van der Waals surface area (Å²) < 4.78 is 38.0. The molecule has 0 aliphatic heterocycles. The van der Waals surface area contributed by atoms with Crippen molar-refractivity contribution in [2.45, 2.75) is 18.4 Å². The van der Waals surface area contributed by atoms with Crippen LogP contribution in [0.25, 0.3) is 0 Å². The molecular formula is C21H30N4O4S. The Morgan fingerprint density at radius 2 is 1.77 bits per heavy atom. The molecule has 0 unspecified atom stereocenters. The zero-order chi connectivity index (χ0) is 22.1. The van der Waals surface area contributed by atoms with Gasteiger partial charge in [0.25, 0.3) is 0 Å². The number of hydrogen-bond donors (Lipinski definition) is 2. The number of guanidine groups is 1. The lowest BCUT2D eigenvalue weighted by Gasteiger charge is -2.23.